The lowest BCUT2D eigenvalue weighted by molar-refractivity contribution is -0.332. The molecule has 0 aliphatic heterocycles. The summed E-state index contributed by atoms with van der Waals surface area (Å²) in [5.41, 5.74) is -2.06. The maximum atomic E-state index is 13.9. The highest BCUT2D eigenvalue weighted by Gasteiger charge is 2.84. The third-order valence-electron chi connectivity index (χ3n) is 3.79. The van der Waals surface area contributed by atoms with Crippen LogP contribution in [0.4, 0.5) is 61.5 Å². The fourth-order valence-corrected chi connectivity index (χ4v) is 6.67. The summed E-state index contributed by atoms with van der Waals surface area (Å²) in [4.78, 5) is 0. The summed E-state index contributed by atoms with van der Waals surface area (Å²) in [6, 6.07) is 1.35. The first-order valence-corrected chi connectivity index (χ1v) is 10.5. The van der Waals surface area contributed by atoms with E-state index >= 15 is 0 Å². The largest absolute Gasteiger partial charge is 0.461 e. The molecular formula is C13H6F14O4S2. The minimum atomic E-state index is -8.21. The van der Waals surface area contributed by atoms with E-state index in [1.165, 1.54) is 0 Å². The molecule has 0 heterocycles. The second-order valence-electron chi connectivity index (χ2n) is 6.01. The second-order valence-corrected chi connectivity index (χ2v) is 10.5. The molecule has 1 aromatic carbocycles. The van der Waals surface area contributed by atoms with Crippen LogP contribution in [0.2, 0.25) is 0 Å². The van der Waals surface area contributed by atoms with Crippen molar-refractivity contribution in [2.24, 2.45) is 0 Å². The predicted octanol–water partition coefficient (Wildman–Crippen LogP) is 5.10. The van der Waals surface area contributed by atoms with Crippen LogP contribution in [0.3, 0.4) is 0 Å². The molecule has 1 rings (SSSR count). The fourth-order valence-electron chi connectivity index (χ4n) is 2.09. The van der Waals surface area contributed by atoms with Crippen LogP contribution in [0.15, 0.2) is 30.3 Å². The summed E-state index contributed by atoms with van der Waals surface area (Å²) in [5, 5.41) is -15.3. The average Bonchev–Trinajstić information content (AvgIpc) is 2.59. The van der Waals surface area contributed by atoms with Crippen LogP contribution < -0.4 is 0 Å². The molecular weight excluding hydrogens is 550 g/mol. The van der Waals surface area contributed by atoms with E-state index in [0.717, 1.165) is 6.07 Å². The van der Waals surface area contributed by atoms with Crippen LogP contribution in [-0.4, -0.2) is 51.5 Å². The van der Waals surface area contributed by atoms with Crippen molar-refractivity contribution in [1.82, 2.24) is 0 Å². The lowest BCUT2D eigenvalue weighted by Gasteiger charge is -2.34. The van der Waals surface area contributed by atoms with Gasteiger partial charge in [-0.3, -0.25) is 0 Å². The number of rotatable bonds is 7. The van der Waals surface area contributed by atoms with Gasteiger partial charge in [0, 0.05) is 0 Å². The van der Waals surface area contributed by atoms with E-state index in [2.05, 4.69) is 0 Å². The maximum absolute atomic E-state index is 13.9. The highest BCUT2D eigenvalue weighted by molar-refractivity contribution is 8.09. The summed E-state index contributed by atoms with van der Waals surface area (Å²) in [7, 11) is -16.4. The van der Waals surface area contributed by atoms with Gasteiger partial charge < -0.3 is 0 Å². The maximum Gasteiger partial charge on any atom is 0.461 e. The molecule has 33 heavy (non-hydrogen) atoms. The molecule has 20 heteroatoms. The van der Waals surface area contributed by atoms with E-state index in [-0.39, 0.29) is 12.1 Å². The zero-order valence-corrected chi connectivity index (χ0v) is 16.3. The van der Waals surface area contributed by atoms with Crippen molar-refractivity contribution in [2.75, 3.05) is 0 Å². The van der Waals surface area contributed by atoms with Crippen molar-refractivity contribution in [3.05, 3.63) is 35.9 Å². The van der Waals surface area contributed by atoms with Crippen LogP contribution in [0, 0.1) is 0 Å². The molecule has 0 aliphatic carbocycles. The van der Waals surface area contributed by atoms with Crippen molar-refractivity contribution < 1.29 is 78.3 Å². The van der Waals surface area contributed by atoms with Gasteiger partial charge in [0.05, 0.1) is 0 Å². The topological polar surface area (TPSA) is 68.3 Å². The Balaban J connectivity index is 4.08. The molecule has 0 unspecified atom stereocenters. The van der Waals surface area contributed by atoms with Crippen molar-refractivity contribution in [2.45, 2.75) is 39.3 Å². The number of alkyl halides is 14. The zero-order chi connectivity index (χ0) is 26.7. The number of sulfone groups is 2. The van der Waals surface area contributed by atoms with Gasteiger partial charge in [-0.15, -0.1) is 0 Å². The highest BCUT2D eigenvalue weighted by atomic mass is 32.3. The number of benzene rings is 1. The van der Waals surface area contributed by atoms with Crippen molar-refractivity contribution in [3.63, 3.8) is 0 Å². The summed E-state index contributed by atoms with van der Waals surface area (Å²) < 4.78 is 225. The Labute approximate surface area is 174 Å². The van der Waals surface area contributed by atoms with Gasteiger partial charge in [-0.05, 0) is 5.56 Å². The number of hydrogen-bond acceptors (Lipinski definition) is 4. The van der Waals surface area contributed by atoms with E-state index in [4.69, 9.17) is 0 Å². The molecule has 0 saturated heterocycles. The van der Waals surface area contributed by atoms with Gasteiger partial charge in [0.15, 0.2) is 0 Å². The van der Waals surface area contributed by atoms with Crippen LogP contribution in [-0.2, 0) is 19.7 Å². The van der Waals surface area contributed by atoms with Crippen molar-refractivity contribution in [1.29, 1.82) is 0 Å². The van der Waals surface area contributed by atoms with E-state index in [9.17, 15) is 78.3 Å². The Morgan fingerprint density at radius 2 is 0.788 bits per heavy atom. The SMILES string of the molecule is O=S(=O)(C(c1ccccc1)S(=O)(=O)C(F)(F)C(F)(F)C(F)(F)F)C(F)(F)C(F)(F)C(F)(F)F. The molecule has 0 aliphatic rings. The Kier molecular flexibility index (Phi) is 6.93. The number of hydrogen-bond donors (Lipinski definition) is 0. The molecule has 192 valence electrons. The molecule has 0 bridgehead atoms. The molecule has 0 spiro atoms. The van der Waals surface area contributed by atoms with Gasteiger partial charge in [-0.25, -0.2) is 16.8 Å². The van der Waals surface area contributed by atoms with Gasteiger partial charge in [0.1, 0.15) is 0 Å². The van der Waals surface area contributed by atoms with E-state index in [1.807, 2.05) is 0 Å². The molecule has 0 radical (unpaired) electrons. The van der Waals surface area contributed by atoms with E-state index < -0.39 is 64.5 Å². The first kappa shape index (κ1) is 29.2. The fraction of sp³-hybridized carbons (Fsp3) is 0.538. The molecule has 0 saturated carbocycles. The molecule has 1 aromatic rings. The van der Waals surface area contributed by atoms with E-state index in [0.29, 0.717) is 12.1 Å². The smallest absolute Gasteiger partial charge is 0.221 e. The molecule has 0 aromatic heterocycles. The minimum absolute atomic E-state index is 0.0939. The summed E-state index contributed by atoms with van der Waals surface area (Å²) in [6.45, 7) is 0. The third-order valence-corrected chi connectivity index (χ3v) is 8.93. The summed E-state index contributed by atoms with van der Waals surface area (Å²) in [5.74, 6) is -15.4. The molecule has 0 N–H and O–H groups in total. The molecule has 4 nitrogen and oxygen atoms in total. The molecule has 0 atom stereocenters. The first-order valence-electron chi connectivity index (χ1n) is 7.39. The van der Waals surface area contributed by atoms with Crippen molar-refractivity contribution >= 4 is 19.7 Å². The third kappa shape index (κ3) is 4.12. The molecule has 0 amide bonds. The van der Waals surface area contributed by atoms with Crippen LogP contribution in [0.25, 0.3) is 0 Å². The zero-order valence-electron chi connectivity index (χ0n) is 14.7. The summed E-state index contributed by atoms with van der Waals surface area (Å²) in [6.07, 6.45) is -15.0. The van der Waals surface area contributed by atoms with Crippen LogP contribution >= 0.6 is 0 Å². The summed E-state index contributed by atoms with van der Waals surface area (Å²) >= 11 is 0. The Bertz CT molecular complexity index is 1000. The lowest BCUT2D eigenvalue weighted by Crippen LogP contribution is -2.61. The lowest BCUT2D eigenvalue weighted by atomic mass is 10.2. The normalized spacial score (nSPS) is 15.7. The van der Waals surface area contributed by atoms with Gasteiger partial charge in [-0.1, -0.05) is 30.3 Å². The van der Waals surface area contributed by atoms with Crippen LogP contribution in [0.5, 0.6) is 0 Å². The highest BCUT2D eigenvalue weighted by Crippen LogP contribution is 2.57. The van der Waals surface area contributed by atoms with Gasteiger partial charge in [-0.2, -0.15) is 61.5 Å². The predicted molar refractivity (Wildman–Crippen MR) is 78.9 cm³/mol. The van der Waals surface area contributed by atoms with Crippen LogP contribution in [0.1, 0.15) is 10.1 Å². The van der Waals surface area contributed by atoms with E-state index in [1.54, 1.807) is 0 Å². The standard InChI is InChI=1S/C13H6F14O4S2/c14-8(15,10(18,19)20)12(24,25)32(28,29)7(6-4-2-1-3-5-6)33(30,31)13(26,27)9(16,17)11(21,22)23/h1-5,7H. The first-order chi connectivity index (χ1) is 14.2. The average molecular weight is 556 g/mol. The Hall–Kier alpha value is -1.86. The minimum Gasteiger partial charge on any atom is -0.221 e. The molecule has 0 fully saturated rings. The second kappa shape index (κ2) is 7.84. The van der Waals surface area contributed by atoms with Gasteiger partial charge >= 0.3 is 34.7 Å². The van der Waals surface area contributed by atoms with Gasteiger partial charge in [0.2, 0.25) is 24.3 Å². The Morgan fingerprint density at radius 1 is 0.515 bits per heavy atom. The monoisotopic (exact) mass is 556 g/mol. The Morgan fingerprint density at radius 3 is 1.03 bits per heavy atom. The van der Waals surface area contributed by atoms with Crippen molar-refractivity contribution in [3.8, 4) is 0 Å². The van der Waals surface area contributed by atoms with Gasteiger partial charge in [0.25, 0.3) is 0 Å². The quantitative estimate of drug-likeness (QED) is 0.439. The number of halogens is 14.